The molecule has 1 aliphatic rings. The maximum absolute atomic E-state index is 9.41. The summed E-state index contributed by atoms with van der Waals surface area (Å²) in [6.07, 6.45) is 2.00. The third-order valence-corrected chi connectivity index (χ3v) is 6.16. The van der Waals surface area contributed by atoms with Crippen LogP contribution in [0, 0.1) is 25.2 Å². The fourth-order valence-corrected chi connectivity index (χ4v) is 4.47. The second kappa shape index (κ2) is 8.74. The van der Waals surface area contributed by atoms with Gasteiger partial charge in [0.2, 0.25) is 0 Å². The van der Waals surface area contributed by atoms with Crippen molar-refractivity contribution in [2.24, 2.45) is 0 Å². The highest BCUT2D eigenvalue weighted by atomic mass is 15.3. The number of piperazine rings is 1. The van der Waals surface area contributed by atoms with E-state index in [0.717, 1.165) is 77.8 Å². The van der Waals surface area contributed by atoms with Gasteiger partial charge in [0.25, 0.3) is 0 Å². The molecule has 0 bridgehead atoms. The van der Waals surface area contributed by atoms with E-state index in [1.165, 1.54) is 0 Å². The smallest absolute Gasteiger partial charge is 0.163 e. The van der Waals surface area contributed by atoms with E-state index in [-0.39, 0.29) is 0 Å². The van der Waals surface area contributed by atoms with Crippen LogP contribution in [0.2, 0.25) is 0 Å². The number of aryl methyl sites for hydroxylation is 2. The molecular weight excluding hydrogens is 410 g/mol. The molecule has 1 saturated heterocycles. The molecule has 1 aliphatic heterocycles. The molecule has 3 aromatic heterocycles. The molecule has 0 unspecified atom stereocenters. The summed E-state index contributed by atoms with van der Waals surface area (Å²) in [6.45, 7) is 9.08. The molecule has 0 radical (unpaired) electrons. The van der Waals surface area contributed by atoms with Crippen LogP contribution in [0.1, 0.15) is 22.6 Å². The standard InChI is InChI=1S/C26H27N7/c1-18-13-22(14-19(2)28-18)24-25(21-6-4-5-20(15-21)16-27)30-33-8-7-23(29-26(24)33)17-32-11-9-31(3)10-12-32/h4-8,13-15H,9-12,17H2,1-3H3. The topological polar surface area (TPSA) is 73.4 Å². The number of rotatable bonds is 4. The average Bonchev–Trinajstić information content (AvgIpc) is 3.19. The van der Waals surface area contributed by atoms with E-state index in [1.807, 2.05) is 48.8 Å². The first kappa shape index (κ1) is 21.3. The van der Waals surface area contributed by atoms with Gasteiger partial charge < -0.3 is 4.90 Å². The first-order chi connectivity index (χ1) is 16.0. The van der Waals surface area contributed by atoms with Crippen molar-refractivity contribution < 1.29 is 0 Å². The Kier molecular flexibility index (Phi) is 5.63. The zero-order chi connectivity index (χ0) is 22.9. The molecule has 7 nitrogen and oxygen atoms in total. The van der Waals surface area contributed by atoms with Gasteiger partial charge in [0.1, 0.15) is 5.69 Å². The van der Waals surface area contributed by atoms with Crippen LogP contribution in [-0.4, -0.2) is 62.6 Å². The van der Waals surface area contributed by atoms with Gasteiger partial charge >= 0.3 is 0 Å². The molecule has 0 amide bonds. The molecule has 1 aromatic carbocycles. The lowest BCUT2D eigenvalue weighted by molar-refractivity contribution is 0.147. The molecule has 0 spiro atoms. The van der Waals surface area contributed by atoms with Crippen LogP contribution >= 0.6 is 0 Å². The van der Waals surface area contributed by atoms with Crippen molar-refractivity contribution in [3.63, 3.8) is 0 Å². The Balaban J connectivity index is 1.65. The molecule has 33 heavy (non-hydrogen) atoms. The third-order valence-electron chi connectivity index (χ3n) is 6.16. The molecule has 0 N–H and O–H groups in total. The third kappa shape index (κ3) is 4.36. The number of nitrogens with zero attached hydrogens (tertiary/aromatic N) is 7. The molecule has 1 fully saturated rings. The first-order valence-corrected chi connectivity index (χ1v) is 11.3. The minimum atomic E-state index is 0.612. The zero-order valence-corrected chi connectivity index (χ0v) is 19.3. The Hall–Kier alpha value is -3.60. The van der Waals surface area contributed by atoms with Gasteiger partial charge in [-0.25, -0.2) is 9.50 Å². The number of fused-ring (bicyclic) bond motifs is 1. The molecule has 7 heteroatoms. The maximum Gasteiger partial charge on any atom is 0.163 e. The summed E-state index contributed by atoms with van der Waals surface area (Å²) in [6, 6.07) is 16.0. The number of pyridine rings is 1. The van der Waals surface area contributed by atoms with Gasteiger partial charge in [-0.2, -0.15) is 10.4 Å². The Morgan fingerprint density at radius 1 is 0.939 bits per heavy atom. The fraction of sp³-hybridized carbons (Fsp3) is 0.308. The van der Waals surface area contributed by atoms with Crippen molar-refractivity contribution in [1.29, 1.82) is 5.26 Å². The van der Waals surface area contributed by atoms with Crippen LogP contribution in [0.3, 0.4) is 0 Å². The van der Waals surface area contributed by atoms with Crippen molar-refractivity contribution in [3.8, 4) is 28.5 Å². The Morgan fingerprint density at radius 3 is 2.42 bits per heavy atom. The number of benzene rings is 1. The second-order valence-corrected chi connectivity index (χ2v) is 8.82. The molecule has 5 rings (SSSR count). The molecule has 0 aliphatic carbocycles. The predicted octanol–water partition coefficient (Wildman–Crippen LogP) is 3.69. The lowest BCUT2D eigenvalue weighted by atomic mass is 9.99. The Bertz CT molecular complexity index is 1340. The van der Waals surface area contributed by atoms with E-state index >= 15 is 0 Å². The highest BCUT2D eigenvalue weighted by Crippen LogP contribution is 2.35. The van der Waals surface area contributed by atoms with E-state index in [2.05, 4.69) is 46.1 Å². The second-order valence-electron chi connectivity index (χ2n) is 8.82. The van der Waals surface area contributed by atoms with Crippen LogP contribution in [0.15, 0.2) is 48.7 Å². The van der Waals surface area contributed by atoms with E-state index < -0.39 is 0 Å². The summed E-state index contributed by atoms with van der Waals surface area (Å²) in [7, 11) is 2.17. The number of hydrogen-bond donors (Lipinski definition) is 0. The van der Waals surface area contributed by atoms with Gasteiger partial charge in [0.05, 0.1) is 22.9 Å². The van der Waals surface area contributed by atoms with Crippen LogP contribution in [0.4, 0.5) is 0 Å². The van der Waals surface area contributed by atoms with Crippen molar-refractivity contribution in [2.75, 3.05) is 33.2 Å². The van der Waals surface area contributed by atoms with Crippen molar-refractivity contribution in [3.05, 3.63) is 71.3 Å². The van der Waals surface area contributed by atoms with E-state index in [4.69, 9.17) is 10.1 Å². The Labute approximate surface area is 193 Å². The van der Waals surface area contributed by atoms with Crippen molar-refractivity contribution in [2.45, 2.75) is 20.4 Å². The van der Waals surface area contributed by atoms with Gasteiger partial charge in [0, 0.05) is 55.9 Å². The van der Waals surface area contributed by atoms with Gasteiger partial charge in [0.15, 0.2) is 5.65 Å². The highest BCUT2D eigenvalue weighted by molar-refractivity contribution is 5.90. The average molecular weight is 438 g/mol. The summed E-state index contributed by atoms with van der Waals surface area (Å²) in [5, 5.41) is 14.3. The number of hydrogen-bond acceptors (Lipinski definition) is 6. The fourth-order valence-electron chi connectivity index (χ4n) is 4.47. The Morgan fingerprint density at radius 2 is 1.70 bits per heavy atom. The zero-order valence-electron chi connectivity index (χ0n) is 19.3. The number of likely N-dealkylation sites (N-methyl/N-ethyl adjacent to an activating group) is 1. The monoisotopic (exact) mass is 437 g/mol. The van der Waals surface area contributed by atoms with Crippen LogP contribution in [-0.2, 0) is 6.54 Å². The molecule has 4 aromatic rings. The van der Waals surface area contributed by atoms with Crippen LogP contribution in [0.25, 0.3) is 28.0 Å². The molecule has 0 atom stereocenters. The van der Waals surface area contributed by atoms with Gasteiger partial charge in [-0.15, -0.1) is 0 Å². The summed E-state index contributed by atoms with van der Waals surface area (Å²) in [5.74, 6) is 0. The van der Waals surface area contributed by atoms with Gasteiger partial charge in [-0.1, -0.05) is 12.1 Å². The van der Waals surface area contributed by atoms with Crippen molar-refractivity contribution >= 4 is 5.65 Å². The van der Waals surface area contributed by atoms with E-state index in [1.54, 1.807) is 0 Å². The minimum absolute atomic E-state index is 0.612. The van der Waals surface area contributed by atoms with Gasteiger partial charge in [-0.05, 0) is 56.8 Å². The summed E-state index contributed by atoms with van der Waals surface area (Å²) >= 11 is 0. The van der Waals surface area contributed by atoms with E-state index in [9.17, 15) is 5.26 Å². The van der Waals surface area contributed by atoms with E-state index in [0.29, 0.717) is 5.56 Å². The number of aromatic nitrogens is 4. The largest absolute Gasteiger partial charge is 0.304 e. The normalized spacial score (nSPS) is 15.1. The lowest BCUT2D eigenvalue weighted by Gasteiger charge is -2.32. The quantitative estimate of drug-likeness (QED) is 0.485. The molecule has 0 saturated carbocycles. The SMILES string of the molecule is Cc1cc(-c2c(-c3cccc(C#N)c3)nn3ccc(CN4CCN(C)CC4)nc23)cc(C)n1. The van der Waals surface area contributed by atoms with Crippen LogP contribution < -0.4 is 0 Å². The summed E-state index contributed by atoms with van der Waals surface area (Å²) < 4.78 is 1.85. The van der Waals surface area contributed by atoms with Gasteiger partial charge in [-0.3, -0.25) is 9.88 Å². The van der Waals surface area contributed by atoms with Crippen molar-refractivity contribution in [1.82, 2.24) is 29.4 Å². The maximum atomic E-state index is 9.41. The lowest BCUT2D eigenvalue weighted by Crippen LogP contribution is -2.44. The summed E-state index contributed by atoms with van der Waals surface area (Å²) in [4.78, 5) is 14.4. The minimum Gasteiger partial charge on any atom is -0.304 e. The summed E-state index contributed by atoms with van der Waals surface area (Å²) in [5.41, 5.74) is 8.11. The van der Waals surface area contributed by atoms with Crippen LogP contribution in [0.5, 0.6) is 0 Å². The first-order valence-electron chi connectivity index (χ1n) is 11.3. The molecule has 4 heterocycles. The molecular formula is C26H27N7. The number of nitriles is 1. The molecule has 166 valence electrons. The predicted molar refractivity (Wildman–Crippen MR) is 129 cm³/mol. The highest BCUT2D eigenvalue weighted by Gasteiger charge is 2.20.